The second kappa shape index (κ2) is 10.6. The Labute approximate surface area is 229 Å². The third kappa shape index (κ3) is 4.66. The van der Waals surface area contributed by atoms with Crippen LogP contribution < -0.4 is 19.9 Å². The molecule has 2 aromatic carbocycles. The number of rotatable bonds is 5. The molecule has 1 aromatic heterocycles. The summed E-state index contributed by atoms with van der Waals surface area (Å²) >= 11 is 6.70. The summed E-state index contributed by atoms with van der Waals surface area (Å²) in [6.07, 6.45) is 3.11. The van der Waals surface area contributed by atoms with Crippen LogP contribution in [0.1, 0.15) is 36.5 Å². The third-order valence-electron chi connectivity index (χ3n) is 8.37. The Balaban J connectivity index is 1.41. The topological polar surface area (TPSA) is 67.7 Å². The summed E-state index contributed by atoms with van der Waals surface area (Å²) in [6.45, 7) is 8.01. The molecule has 0 aliphatic carbocycles. The van der Waals surface area contributed by atoms with Crippen LogP contribution in [0, 0.1) is 11.3 Å². The van der Waals surface area contributed by atoms with Crippen LogP contribution >= 0.6 is 11.6 Å². The number of pyridine rings is 1. The second-order valence-electron chi connectivity index (χ2n) is 10.9. The minimum Gasteiger partial charge on any atom is -0.475 e. The summed E-state index contributed by atoms with van der Waals surface area (Å²) < 4.78 is 6.38. The molecule has 3 aliphatic rings. The van der Waals surface area contributed by atoms with Gasteiger partial charge in [0.05, 0.1) is 5.02 Å². The zero-order chi connectivity index (χ0) is 26.2. The van der Waals surface area contributed by atoms with Crippen LogP contribution in [0.2, 0.25) is 5.02 Å². The van der Waals surface area contributed by atoms with E-state index in [9.17, 15) is 5.26 Å². The van der Waals surface area contributed by atoms with E-state index in [1.54, 1.807) is 0 Å². The molecule has 0 amide bonds. The zero-order valence-corrected chi connectivity index (χ0v) is 23.0. The molecule has 4 heterocycles. The van der Waals surface area contributed by atoms with Crippen molar-refractivity contribution in [3.05, 3.63) is 58.1 Å². The van der Waals surface area contributed by atoms with Crippen molar-refractivity contribution in [1.82, 2.24) is 15.2 Å². The van der Waals surface area contributed by atoms with E-state index < -0.39 is 0 Å². The Bertz CT molecular complexity index is 1380. The first-order valence-electron chi connectivity index (χ1n) is 13.7. The first-order chi connectivity index (χ1) is 18.5. The first kappa shape index (κ1) is 25.2. The minimum absolute atomic E-state index is 0.358. The molecule has 38 heavy (non-hydrogen) atoms. The van der Waals surface area contributed by atoms with E-state index in [1.165, 1.54) is 12.0 Å². The molecule has 2 unspecified atom stereocenters. The van der Waals surface area contributed by atoms with E-state index in [1.807, 2.05) is 12.1 Å². The molecule has 8 heteroatoms. The predicted octanol–water partition coefficient (Wildman–Crippen LogP) is 4.59. The van der Waals surface area contributed by atoms with Crippen LogP contribution in [-0.4, -0.2) is 68.3 Å². The highest BCUT2D eigenvalue weighted by Gasteiger charge is 2.31. The summed E-state index contributed by atoms with van der Waals surface area (Å²) in [5.74, 6) is 1.46. The Morgan fingerprint density at radius 2 is 1.97 bits per heavy atom. The molecule has 1 N–H and O–H groups in total. The molecule has 0 radical (unpaired) electrons. The summed E-state index contributed by atoms with van der Waals surface area (Å²) in [7, 11) is 2.15. The van der Waals surface area contributed by atoms with Crippen molar-refractivity contribution >= 4 is 33.9 Å². The van der Waals surface area contributed by atoms with Gasteiger partial charge in [-0.15, -0.1) is 0 Å². The lowest BCUT2D eigenvalue weighted by Gasteiger charge is -2.38. The molecule has 0 spiro atoms. The van der Waals surface area contributed by atoms with Crippen LogP contribution in [0.15, 0.2) is 36.4 Å². The summed E-state index contributed by atoms with van der Waals surface area (Å²) in [4.78, 5) is 12.1. The van der Waals surface area contributed by atoms with Crippen molar-refractivity contribution in [2.24, 2.45) is 0 Å². The van der Waals surface area contributed by atoms with Crippen molar-refractivity contribution in [2.45, 2.75) is 44.8 Å². The number of nitrogens with one attached hydrogen (secondary N) is 1. The van der Waals surface area contributed by atoms with Crippen LogP contribution in [0.5, 0.6) is 5.88 Å². The highest BCUT2D eigenvalue weighted by Crippen LogP contribution is 2.39. The number of aromatic nitrogens is 1. The predicted molar refractivity (Wildman–Crippen MR) is 153 cm³/mol. The molecule has 198 valence electrons. The number of nitriles is 1. The smallest absolute Gasteiger partial charge is 0.234 e. The standard InChI is InChI=1S/C30H35ClN6O/c1-20-17-37(15-12-33-20)29-23-11-14-36(27-10-4-7-21-6-3-9-26(31)28(21)27)18-25(23)24(16-32)30(34-29)38-19-22-8-5-13-35(22)2/h3-4,6-7,9-10,20,22,33H,5,8,11-15,17-19H2,1-2H3. The number of benzene rings is 2. The van der Waals surface area contributed by atoms with E-state index in [4.69, 9.17) is 21.3 Å². The Kier molecular flexibility index (Phi) is 7.05. The minimum atomic E-state index is 0.358. The van der Waals surface area contributed by atoms with Gasteiger partial charge >= 0.3 is 0 Å². The number of fused-ring (bicyclic) bond motifs is 2. The van der Waals surface area contributed by atoms with Gasteiger partial charge in [-0.05, 0) is 57.3 Å². The van der Waals surface area contributed by atoms with Crippen LogP contribution in [0.4, 0.5) is 11.5 Å². The zero-order valence-electron chi connectivity index (χ0n) is 22.2. The van der Waals surface area contributed by atoms with Crippen LogP contribution in [0.3, 0.4) is 0 Å². The van der Waals surface area contributed by atoms with E-state index in [0.717, 1.165) is 78.4 Å². The van der Waals surface area contributed by atoms with Gasteiger partial charge in [0.15, 0.2) is 0 Å². The third-order valence-corrected chi connectivity index (χ3v) is 8.69. The van der Waals surface area contributed by atoms with Crippen molar-refractivity contribution in [1.29, 1.82) is 5.26 Å². The molecule has 7 nitrogen and oxygen atoms in total. The van der Waals surface area contributed by atoms with Gasteiger partial charge in [0, 0.05) is 67.0 Å². The molecule has 3 aliphatic heterocycles. The van der Waals surface area contributed by atoms with Gasteiger partial charge in [-0.25, -0.2) is 0 Å². The number of likely N-dealkylation sites (N-methyl/N-ethyl adjacent to an activating group) is 1. The molecule has 2 saturated heterocycles. The van der Waals surface area contributed by atoms with E-state index in [-0.39, 0.29) is 0 Å². The molecule has 2 atom stereocenters. The van der Waals surface area contributed by atoms with Crippen LogP contribution in [0.25, 0.3) is 10.8 Å². The van der Waals surface area contributed by atoms with Crippen molar-refractivity contribution in [3.63, 3.8) is 0 Å². The first-order valence-corrected chi connectivity index (χ1v) is 14.1. The van der Waals surface area contributed by atoms with Crippen LogP contribution in [-0.2, 0) is 13.0 Å². The Morgan fingerprint density at radius 1 is 1.13 bits per heavy atom. The Morgan fingerprint density at radius 3 is 2.74 bits per heavy atom. The van der Waals surface area contributed by atoms with Gasteiger partial charge in [-0.2, -0.15) is 10.2 Å². The number of likely N-dealkylation sites (tertiary alicyclic amines) is 1. The van der Waals surface area contributed by atoms with Gasteiger partial charge in [0.1, 0.15) is 24.1 Å². The fourth-order valence-corrected chi connectivity index (χ4v) is 6.58. The largest absolute Gasteiger partial charge is 0.475 e. The highest BCUT2D eigenvalue weighted by atomic mass is 35.5. The van der Waals surface area contributed by atoms with Gasteiger partial charge in [0.25, 0.3) is 0 Å². The van der Waals surface area contributed by atoms with Gasteiger partial charge < -0.3 is 24.8 Å². The number of anilines is 2. The monoisotopic (exact) mass is 530 g/mol. The van der Waals surface area contributed by atoms with Crippen molar-refractivity contribution in [2.75, 3.05) is 56.2 Å². The van der Waals surface area contributed by atoms with Gasteiger partial charge in [-0.1, -0.05) is 35.9 Å². The summed E-state index contributed by atoms with van der Waals surface area (Å²) in [5, 5.41) is 16.9. The number of hydrogen-bond donors (Lipinski definition) is 1. The van der Waals surface area contributed by atoms with Crippen molar-refractivity contribution < 1.29 is 4.74 Å². The number of nitrogens with zero attached hydrogens (tertiary/aromatic N) is 5. The highest BCUT2D eigenvalue weighted by molar-refractivity contribution is 6.36. The van der Waals surface area contributed by atoms with E-state index in [2.05, 4.69) is 64.3 Å². The molecule has 3 aromatic rings. The second-order valence-corrected chi connectivity index (χ2v) is 11.3. The number of hydrogen-bond acceptors (Lipinski definition) is 7. The van der Waals surface area contributed by atoms with Gasteiger partial charge in [0.2, 0.25) is 5.88 Å². The lowest BCUT2D eigenvalue weighted by Crippen LogP contribution is -2.50. The van der Waals surface area contributed by atoms with Crippen molar-refractivity contribution in [3.8, 4) is 11.9 Å². The lowest BCUT2D eigenvalue weighted by molar-refractivity contribution is 0.192. The molecular formula is C30H35ClN6O. The molecule has 0 saturated carbocycles. The maximum atomic E-state index is 10.4. The molecular weight excluding hydrogens is 496 g/mol. The summed E-state index contributed by atoms with van der Waals surface area (Å²) in [5.41, 5.74) is 3.90. The fourth-order valence-electron chi connectivity index (χ4n) is 6.30. The maximum absolute atomic E-state index is 10.4. The van der Waals surface area contributed by atoms with Gasteiger partial charge in [-0.3, -0.25) is 0 Å². The lowest BCUT2D eigenvalue weighted by atomic mass is 9.94. The van der Waals surface area contributed by atoms with E-state index >= 15 is 0 Å². The molecule has 6 rings (SSSR count). The average molecular weight is 531 g/mol. The molecule has 2 fully saturated rings. The summed E-state index contributed by atoms with van der Waals surface area (Å²) in [6, 6.07) is 15.6. The average Bonchev–Trinajstić information content (AvgIpc) is 3.35. The SMILES string of the molecule is CC1CN(c2nc(OCC3CCCN3C)c(C#N)c3c2CCN(c2cccc4cccc(Cl)c24)C3)CCN1. The van der Waals surface area contributed by atoms with E-state index in [0.29, 0.717) is 36.7 Å². The number of ether oxygens (including phenoxy) is 1. The normalized spacial score (nSPS) is 21.9. The quantitative estimate of drug-likeness (QED) is 0.517. The number of halogens is 1. The maximum Gasteiger partial charge on any atom is 0.234 e. The molecule has 0 bridgehead atoms. The fraction of sp³-hybridized carbons (Fsp3) is 0.467. The number of piperazine rings is 1. The Hall–Kier alpha value is -3.05.